The summed E-state index contributed by atoms with van der Waals surface area (Å²) in [6.07, 6.45) is 27.9. The summed E-state index contributed by atoms with van der Waals surface area (Å²) in [4.78, 5) is 10.8. The molecule has 0 heterocycles. The van der Waals surface area contributed by atoms with Gasteiger partial charge in [-0.05, 0) is 73.4 Å². The minimum absolute atomic E-state index is 0.366. The van der Waals surface area contributed by atoms with Crippen molar-refractivity contribution >= 4 is 7.82 Å². The predicted molar refractivity (Wildman–Crippen MR) is 184 cm³/mol. The van der Waals surface area contributed by atoms with E-state index in [1.54, 1.807) is 12.1 Å². The molecule has 0 spiro atoms. The second-order valence-corrected chi connectivity index (χ2v) is 13.8. The monoisotopic (exact) mass is 614 g/mol. The third kappa shape index (κ3) is 18.0. The summed E-state index contributed by atoms with van der Waals surface area (Å²) in [5.74, 6) is 0.863. The molecule has 0 fully saturated rings. The van der Waals surface area contributed by atoms with Crippen molar-refractivity contribution < 1.29 is 18.5 Å². The van der Waals surface area contributed by atoms with Gasteiger partial charge in [0, 0.05) is 0 Å². The van der Waals surface area contributed by atoms with Crippen LogP contribution in [0.1, 0.15) is 166 Å². The minimum atomic E-state index is -4.34. The topological polar surface area (TPSA) is 55.8 Å². The van der Waals surface area contributed by atoms with Crippen LogP contribution in [0.4, 0.5) is 0 Å². The highest BCUT2D eigenvalue weighted by atomic mass is 31.2. The molecule has 244 valence electrons. The lowest BCUT2D eigenvalue weighted by atomic mass is 10.00. The van der Waals surface area contributed by atoms with Crippen LogP contribution in [0.5, 0.6) is 11.5 Å². The molecule has 0 saturated carbocycles. The number of phosphoric ester groups is 1. The highest BCUT2D eigenvalue weighted by Gasteiger charge is 2.26. The first-order valence-electron chi connectivity index (χ1n) is 17.9. The zero-order valence-corrected chi connectivity index (χ0v) is 28.8. The van der Waals surface area contributed by atoms with Gasteiger partial charge >= 0.3 is 7.82 Å². The van der Waals surface area contributed by atoms with Crippen molar-refractivity contribution in [1.82, 2.24) is 0 Å². The third-order valence-corrected chi connectivity index (χ3v) is 9.30. The van der Waals surface area contributed by atoms with E-state index in [9.17, 15) is 9.46 Å². The van der Waals surface area contributed by atoms with Gasteiger partial charge in [0.1, 0.15) is 11.5 Å². The maximum atomic E-state index is 13.2. The van der Waals surface area contributed by atoms with Crippen LogP contribution in [0.3, 0.4) is 0 Å². The largest absolute Gasteiger partial charge is 0.584 e. The van der Waals surface area contributed by atoms with E-state index in [1.807, 2.05) is 18.2 Å². The fraction of sp³-hybridized carbons (Fsp3) is 0.684. The summed E-state index contributed by atoms with van der Waals surface area (Å²) in [6, 6.07) is 13.8. The van der Waals surface area contributed by atoms with Gasteiger partial charge < -0.3 is 9.05 Å². The minimum Gasteiger partial charge on any atom is -0.395 e. The van der Waals surface area contributed by atoms with E-state index in [-0.39, 0.29) is 0 Å². The van der Waals surface area contributed by atoms with Crippen molar-refractivity contribution in [2.24, 2.45) is 0 Å². The van der Waals surface area contributed by atoms with Crippen LogP contribution in [0.15, 0.2) is 42.5 Å². The van der Waals surface area contributed by atoms with Gasteiger partial charge in [0.25, 0.3) is 0 Å². The number of hydrogen-bond acceptors (Lipinski definition) is 3. The Morgan fingerprint density at radius 1 is 0.512 bits per heavy atom. The molecule has 2 aromatic rings. The van der Waals surface area contributed by atoms with Crippen molar-refractivity contribution in [3.63, 3.8) is 0 Å². The molecule has 4 nitrogen and oxygen atoms in total. The van der Waals surface area contributed by atoms with Crippen LogP contribution in [0, 0.1) is 0 Å². The summed E-state index contributed by atoms with van der Waals surface area (Å²) in [6.45, 7) is 6.74. The predicted octanol–water partition coefficient (Wildman–Crippen LogP) is 12.7. The number of phosphoric acid groups is 1. The molecular weight excluding hydrogens is 551 g/mol. The summed E-state index contributed by atoms with van der Waals surface area (Å²) >= 11 is 0. The van der Waals surface area contributed by atoms with Gasteiger partial charge in [-0.25, -0.2) is 4.57 Å². The van der Waals surface area contributed by atoms with Crippen molar-refractivity contribution in [3.05, 3.63) is 59.2 Å². The fourth-order valence-corrected chi connectivity index (χ4v) is 6.55. The molecule has 2 aromatic carbocycles. The zero-order chi connectivity index (χ0) is 31.0. The Morgan fingerprint density at radius 2 is 0.930 bits per heavy atom. The van der Waals surface area contributed by atoms with Crippen molar-refractivity contribution in [2.45, 2.75) is 168 Å². The molecule has 0 aromatic heterocycles. The van der Waals surface area contributed by atoms with E-state index in [2.05, 4.69) is 32.9 Å². The van der Waals surface area contributed by atoms with E-state index in [0.29, 0.717) is 11.5 Å². The van der Waals surface area contributed by atoms with Crippen LogP contribution >= 0.6 is 7.82 Å². The van der Waals surface area contributed by atoms with Crippen LogP contribution in [0.2, 0.25) is 0 Å². The molecular formula is C38H63O4P. The zero-order valence-electron chi connectivity index (χ0n) is 27.9. The smallest absolute Gasteiger partial charge is 0.395 e. The van der Waals surface area contributed by atoms with Gasteiger partial charge in [0.15, 0.2) is 0 Å². The number of aryl methyl sites for hydroxylation is 3. The lowest BCUT2D eigenvalue weighted by molar-refractivity contribution is 0.289. The Hall–Kier alpha value is -1.77. The Balaban J connectivity index is 1.95. The Morgan fingerprint density at radius 3 is 1.44 bits per heavy atom. The highest BCUT2D eigenvalue weighted by molar-refractivity contribution is 7.48. The Kier molecular flexibility index (Phi) is 20.5. The molecule has 0 bridgehead atoms. The van der Waals surface area contributed by atoms with Crippen LogP contribution < -0.4 is 9.05 Å². The molecule has 0 aliphatic heterocycles. The van der Waals surface area contributed by atoms with E-state index in [4.69, 9.17) is 9.05 Å². The van der Waals surface area contributed by atoms with E-state index < -0.39 is 7.82 Å². The maximum absolute atomic E-state index is 13.2. The summed E-state index contributed by atoms with van der Waals surface area (Å²) in [5.41, 5.74) is 3.38. The van der Waals surface area contributed by atoms with Gasteiger partial charge in [-0.15, -0.1) is 0 Å². The Labute approximate surface area is 265 Å². The highest BCUT2D eigenvalue weighted by Crippen LogP contribution is 2.46. The lowest BCUT2D eigenvalue weighted by Crippen LogP contribution is -2.03. The molecule has 1 atom stereocenters. The van der Waals surface area contributed by atoms with Crippen molar-refractivity contribution in [3.8, 4) is 11.5 Å². The molecule has 0 saturated heterocycles. The summed E-state index contributed by atoms with van der Waals surface area (Å²) < 4.78 is 24.5. The third-order valence-electron chi connectivity index (χ3n) is 8.43. The van der Waals surface area contributed by atoms with E-state index >= 15 is 0 Å². The second-order valence-electron chi connectivity index (χ2n) is 12.5. The molecule has 1 N–H and O–H groups in total. The SMILES string of the molecule is CCCCCCCCCc1ccc(CCCCCCCCC)c(OP(=O)(O)Oc2ccc(CCCCCCCC)cc2)c1. The molecule has 5 heteroatoms. The first-order valence-corrected chi connectivity index (χ1v) is 19.4. The number of hydrogen-bond donors (Lipinski definition) is 1. The normalized spacial score (nSPS) is 12.7. The molecule has 2 rings (SSSR count). The molecule has 0 amide bonds. The van der Waals surface area contributed by atoms with Gasteiger partial charge in [0.2, 0.25) is 0 Å². The summed E-state index contributed by atoms with van der Waals surface area (Å²) in [5, 5.41) is 0. The quantitative estimate of drug-likeness (QED) is 0.0803. The first-order chi connectivity index (χ1) is 21.0. The van der Waals surface area contributed by atoms with Crippen LogP contribution in [-0.2, 0) is 23.8 Å². The van der Waals surface area contributed by atoms with Crippen LogP contribution in [0.25, 0.3) is 0 Å². The van der Waals surface area contributed by atoms with Crippen molar-refractivity contribution in [2.75, 3.05) is 0 Å². The number of rotatable bonds is 27. The number of unbranched alkanes of at least 4 members (excludes halogenated alkanes) is 17. The molecule has 43 heavy (non-hydrogen) atoms. The standard InChI is InChI=1S/C38H63O4P/c1-4-7-10-13-16-19-22-25-35-27-30-36(26-23-20-17-14-11-8-5-2)38(33-35)42-43(39,40)41-37-31-28-34(29-32-37)24-21-18-15-12-9-6-3/h27-33H,4-26H2,1-3H3,(H,39,40). The molecule has 1 unspecified atom stereocenters. The van der Waals surface area contributed by atoms with E-state index in [0.717, 1.165) is 43.2 Å². The second kappa shape index (κ2) is 23.6. The average Bonchev–Trinajstić information content (AvgIpc) is 2.99. The van der Waals surface area contributed by atoms with Gasteiger partial charge in [-0.3, -0.25) is 4.89 Å². The molecule has 0 radical (unpaired) electrons. The molecule has 0 aliphatic rings. The number of benzene rings is 2. The molecule has 0 aliphatic carbocycles. The first kappa shape index (κ1) is 37.4. The van der Waals surface area contributed by atoms with Gasteiger partial charge in [-0.1, -0.05) is 154 Å². The lowest BCUT2D eigenvalue weighted by Gasteiger charge is -2.18. The fourth-order valence-electron chi connectivity index (χ4n) is 5.71. The Bertz CT molecular complexity index is 1000. The average molecular weight is 615 g/mol. The van der Waals surface area contributed by atoms with Crippen LogP contribution in [-0.4, -0.2) is 4.89 Å². The summed E-state index contributed by atoms with van der Waals surface area (Å²) in [7, 11) is -4.34. The van der Waals surface area contributed by atoms with Crippen molar-refractivity contribution in [1.29, 1.82) is 0 Å². The van der Waals surface area contributed by atoms with E-state index in [1.165, 1.54) is 121 Å². The van der Waals surface area contributed by atoms with Gasteiger partial charge in [-0.2, -0.15) is 0 Å². The van der Waals surface area contributed by atoms with Gasteiger partial charge in [0.05, 0.1) is 0 Å². The maximum Gasteiger partial charge on any atom is 0.584 e.